The van der Waals surface area contributed by atoms with E-state index in [1.54, 1.807) is 0 Å². The Morgan fingerprint density at radius 3 is 2.67 bits per heavy atom. The monoisotopic (exact) mass is 329 g/mol. The molecule has 6 heteroatoms. The van der Waals surface area contributed by atoms with E-state index in [0.717, 1.165) is 48.1 Å². The van der Waals surface area contributed by atoms with Crippen LogP contribution in [0.2, 0.25) is 0 Å². The van der Waals surface area contributed by atoms with E-state index in [1.165, 1.54) is 5.56 Å². The molecule has 0 unspecified atom stereocenters. The zero-order chi connectivity index (χ0) is 17.4. The van der Waals surface area contributed by atoms with Gasteiger partial charge in [-0.15, -0.1) is 0 Å². The van der Waals surface area contributed by atoms with Crippen LogP contribution in [0.3, 0.4) is 0 Å². The van der Waals surface area contributed by atoms with Gasteiger partial charge in [-0.25, -0.2) is 4.99 Å². The topological polar surface area (TPSA) is 75.3 Å². The van der Waals surface area contributed by atoms with Crippen molar-refractivity contribution in [1.29, 1.82) is 0 Å². The molecule has 2 aromatic rings. The van der Waals surface area contributed by atoms with E-state index >= 15 is 0 Å². The third-order valence-corrected chi connectivity index (χ3v) is 3.89. The molecule has 0 spiro atoms. The molecule has 0 aliphatic carbocycles. The highest BCUT2D eigenvalue weighted by atomic mass is 16.5. The van der Waals surface area contributed by atoms with Gasteiger partial charge < -0.3 is 15.2 Å². The zero-order valence-electron chi connectivity index (χ0n) is 15.0. The van der Waals surface area contributed by atoms with Gasteiger partial charge in [0, 0.05) is 24.7 Å². The molecule has 0 amide bonds. The van der Waals surface area contributed by atoms with E-state index in [0.29, 0.717) is 13.1 Å². The Labute approximate surface area is 143 Å². The molecule has 6 nitrogen and oxygen atoms in total. The predicted molar refractivity (Wildman–Crippen MR) is 95.9 cm³/mol. The number of pyridine rings is 1. The molecular formula is C18H27N5O. The van der Waals surface area contributed by atoms with Crippen molar-refractivity contribution in [2.24, 2.45) is 4.99 Å². The molecule has 130 valence electrons. The molecule has 0 radical (unpaired) electrons. The van der Waals surface area contributed by atoms with Crippen molar-refractivity contribution in [3.8, 4) is 0 Å². The maximum absolute atomic E-state index is 5.40. The second-order valence-corrected chi connectivity index (χ2v) is 5.55. The smallest absolute Gasteiger partial charge is 0.191 e. The number of hydrogen-bond donors (Lipinski definition) is 2. The minimum absolute atomic E-state index is 0.562. The molecular weight excluding hydrogens is 302 g/mol. The summed E-state index contributed by atoms with van der Waals surface area (Å²) < 4.78 is 5.40. The lowest BCUT2D eigenvalue weighted by atomic mass is 10.1. The van der Waals surface area contributed by atoms with Crippen molar-refractivity contribution >= 4 is 5.96 Å². The van der Waals surface area contributed by atoms with E-state index in [2.05, 4.69) is 59.5 Å². The Bertz CT molecular complexity index is 656. The minimum atomic E-state index is 0.562. The molecule has 2 heterocycles. The van der Waals surface area contributed by atoms with Gasteiger partial charge in [-0.3, -0.25) is 4.98 Å². The largest absolute Gasteiger partial charge is 0.361 e. The van der Waals surface area contributed by atoms with Gasteiger partial charge in [0.15, 0.2) is 5.96 Å². The summed E-state index contributed by atoms with van der Waals surface area (Å²) in [5.74, 6) is 1.69. The lowest BCUT2D eigenvalue weighted by molar-refractivity contribution is 0.380. The highest BCUT2D eigenvalue weighted by Crippen LogP contribution is 2.16. The van der Waals surface area contributed by atoms with Gasteiger partial charge in [0.25, 0.3) is 0 Å². The lowest BCUT2D eigenvalue weighted by Gasteiger charge is -2.12. The molecule has 0 aliphatic rings. The predicted octanol–water partition coefficient (Wildman–Crippen LogP) is 2.76. The van der Waals surface area contributed by atoms with Crippen LogP contribution in [0, 0.1) is 6.92 Å². The van der Waals surface area contributed by atoms with Crippen LogP contribution in [-0.4, -0.2) is 22.6 Å². The molecule has 24 heavy (non-hydrogen) atoms. The van der Waals surface area contributed by atoms with Crippen LogP contribution in [0.5, 0.6) is 0 Å². The second kappa shape index (κ2) is 9.05. The van der Waals surface area contributed by atoms with Crippen LogP contribution in [0.15, 0.2) is 27.8 Å². The quantitative estimate of drug-likeness (QED) is 0.603. The number of aromatic nitrogens is 2. The molecule has 0 atom stereocenters. The first-order chi connectivity index (χ1) is 11.7. The van der Waals surface area contributed by atoms with Crippen molar-refractivity contribution in [3.05, 3.63) is 46.6 Å². The number of guanidine groups is 1. The fourth-order valence-corrected chi connectivity index (χ4v) is 2.49. The maximum atomic E-state index is 5.40. The van der Waals surface area contributed by atoms with E-state index < -0.39 is 0 Å². The molecule has 0 bridgehead atoms. The summed E-state index contributed by atoms with van der Waals surface area (Å²) in [5, 5.41) is 10.7. The summed E-state index contributed by atoms with van der Waals surface area (Å²) in [5.41, 5.74) is 4.29. The standard InChI is InChI=1S/C18H27N5O/c1-5-15-14(17(6-2)24-23-15)11-21-18(19-7-3)22-12-16-13(4)9-8-10-20-16/h8-10H,5-7,11-12H2,1-4H3,(H2,19,21,22). The summed E-state index contributed by atoms with van der Waals surface area (Å²) in [4.78, 5) is 9.09. The number of aryl methyl sites for hydroxylation is 3. The van der Waals surface area contributed by atoms with E-state index in [1.807, 2.05) is 12.3 Å². The van der Waals surface area contributed by atoms with Gasteiger partial charge >= 0.3 is 0 Å². The first-order valence-electron chi connectivity index (χ1n) is 8.58. The molecule has 2 N–H and O–H groups in total. The summed E-state index contributed by atoms with van der Waals surface area (Å²) in [6.07, 6.45) is 3.49. The Hall–Kier alpha value is -2.37. The molecule has 0 saturated heterocycles. The summed E-state index contributed by atoms with van der Waals surface area (Å²) in [6.45, 7) is 10.3. The van der Waals surface area contributed by atoms with Crippen molar-refractivity contribution in [2.45, 2.75) is 53.6 Å². The van der Waals surface area contributed by atoms with Crippen LogP contribution < -0.4 is 10.6 Å². The zero-order valence-corrected chi connectivity index (χ0v) is 15.0. The Morgan fingerprint density at radius 1 is 1.17 bits per heavy atom. The highest BCUT2D eigenvalue weighted by Gasteiger charge is 2.13. The summed E-state index contributed by atoms with van der Waals surface area (Å²) in [7, 11) is 0. The Kier molecular flexibility index (Phi) is 6.78. The molecule has 2 rings (SSSR count). The Morgan fingerprint density at radius 2 is 2.00 bits per heavy atom. The van der Waals surface area contributed by atoms with Crippen molar-refractivity contribution in [2.75, 3.05) is 6.54 Å². The fourth-order valence-electron chi connectivity index (χ4n) is 2.49. The number of hydrogen-bond acceptors (Lipinski definition) is 4. The maximum Gasteiger partial charge on any atom is 0.191 e. The molecule has 0 saturated carbocycles. The average molecular weight is 329 g/mol. The molecule has 0 fully saturated rings. The number of aliphatic imine (C=N–C) groups is 1. The normalized spacial score (nSPS) is 11.6. The first kappa shape index (κ1) is 18.0. The second-order valence-electron chi connectivity index (χ2n) is 5.55. The molecule has 0 aromatic carbocycles. The van der Waals surface area contributed by atoms with Gasteiger partial charge in [-0.1, -0.05) is 25.1 Å². The van der Waals surface area contributed by atoms with Crippen molar-refractivity contribution in [1.82, 2.24) is 20.8 Å². The van der Waals surface area contributed by atoms with Gasteiger partial charge in [-0.05, 0) is 31.9 Å². The number of rotatable bonds is 7. The van der Waals surface area contributed by atoms with Crippen molar-refractivity contribution < 1.29 is 4.52 Å². The van der Waals surface area contributed by atoms with Crippen LogP contribution in [0.25, 0.3) is 0 Å². The van der Waals surface area contributed by atoms with Crippen LogP contribution >= 0.6 is 0 Å². The average Bonchev–Trinajstić information content (AvgIpc) is 3.00. The van der Waals surface area contributed by atoms with E-state index in [-0.39, 0.29) is 0 Å². The summed E-state index contributed by atoms with van der Waals surface area (Å²) in [6, 6.07) is 4.01. The Balaban J connectivity index is 2.08. The van der Waals surface area contributed by atoms with Crippen LogP contribution in [0.1, 0.15) is 49.0 Å². The third kappa shape index (κ3) is 4.57. The number of nitrogens with zero attached hydrogens (tertiary/aromatic N) is 3. The van der Waals surface area contributed by atoms with Gasteiger partial charge in [0.2, 0.25) is 0 Å². The number of nitrogens with one attached hydrogen (secondary N) is 2. The molecule has 2 aromatic heterocycles. The van der Waals surface area contributed by atoms with E-state index in [4.69, 9.17) is 4.52 Å². The first-order valence-corrected chi connectivity index (χ1v) is 8.58. The minimum Gasteiger partial charge on any atom is -0.361 e. The third-order valence-electron chi connectivity index (χ3n) is 3.89. The highest BCUT2D eigenvalue weighted by molar-refractivity contribution is 5.79. The van der Waals surface area contributed by atoms with Crippen LogP contribution in [-0.2, 0) is 25.9 Å². The van der Waals surface area contributed by atoms with Crippen LogP contribution in [0.4, 0.5) is 0 Å². The van der Waals surface area contributed by atoms with Gasteiger partial charge in [0.1, 0.15) is 5.76 Å². The van der Waals surface area contributed by atoms with Gasteiger partial charge in [-0.2, -0.15) is 0 Å². The van der Waals surface area contributed by atoms with E-state index in [9.17, 15) is 0 Å². The fraction of sp³-hybridized carbons (Fsp3) is 0.500. The van der Waals surface area contributed by atoms with Crippen molar-refractivity contribution in [3.63, 3.8) is 0 Å². The lowest BCUT2D eigenvalue weighted by Crippen LogP contribution is -2.37. The molecule has 0 aliphatic heterocycles. The van der Waals surface area contributed by atoms with Gasteiger partial charge in [0.05, 0.1) is 24.5 Å². The SMILES string of the molecule is CCNC(=NCc1c(CC)noc1CC)NCc1ncccc1C. The summed E-state index contributed by atoms with van der Waals surface area (Å²) >= 11 is 0.